The molecule has 0 bridgehead atoms. The first-order valence-electron chi connectivity index (χ1n) is 7.58. The van der Waals surface area contributed by atoms with Crippen molar-refractivity contribution in [2.24, 2.45) is 11.7 Å². The van der Waals surface area contributed by atoms with Crippen molar-refractivity contribution in [2.75, 3.05) is 18.5 Å². The summed E-state index contributed by atoms with van der Waals surface area (Å²) in [6, 6.07) is 6.95. The Kier molecular flexibility index (Phi) is 5.13. The van der Waals surface area contributed by atoms with E-state index in [4.69, 9.17) is 33.7 Å². The van der Waals surface area contributed by atoms with Gasteiger partial charge in [0.1, 0.15) is 5.56 Å². The smallest absolute Gasteiger partial charge is 0.254 e. The Bertz CT molecular complexity index is 846. The van der Waals surface area contributed by atoms with Crippen LogP contribution in [0.15, 0.2) is 24.4 Å². The van der Waals surface area contributed by atoms with E-state index in [1.165, 1.54) is 6.20 Å². The molecule has 9 heteroatoms. The van der Waals surface area contributed by atoms with Gasteiger partial charge < -0.3 is 15.8 Å². The van der Waals surface area contributed by atoms with E-state index in [9.17, 15) is 10.1 Å². The second kappa shape index (κ2) is 7.31. The third kappa shape index (κ3) is 3.71. The fourth-order valence-electron chi connectivity index (χ4n) is 2.68. The van der Waals surface area contributed by atoms with E-state index in [0.29, 0.717) is 35.4 Å². The first-order valence-corrected chi connectivity index (χ1v) is 8.33. The van der Waals surface area contributed by atoms with Crippen LogP contribution in [0.25, 0.3) is 0 Å². The summed E-state index contributed by atoms with van der Waals surface area (Å²) in [6.45, 7) is 0.886. The summed E-state index contributed by atoms with van der Waals surface area (Å²) in [7, 11) is 0. The quantitative estimate of drug-likeness (QED) is 0.848. The van der Waals surface area contributed by atoms with Gasteiger partial charge in [0.15, 0.2) is 5.82 Å². The monoisotopic (exact) mass is 379 g/mol. The maximum absolute atomic E-state index is 11.8. The van der Waals surface area contributed by atoms with Gasteiger partial charge in [0, 0.05) is 18.5 Å². The van der Waals surface area contributed by atoms with Crippen LogP contribution < -0.4 is 11.1 Å². The Balaban J connectivity index is 1.93. The summed E-state index contributed by atoms with van der Waals surface area (Å²) >= 11 is 11.9. The number of nitrogens with one attached hydrogen (secondary N) is 1. The Labute approximate surface area is 154 Å². The molecule has 130 valence electrons. The number of nitrogens with zero attached hydrogens (tertiary/aromatic N) is 3. The molecule has 1 aliphatic heterocycles. The van der Waals surface area contributed by atoms with E-state index in [0.717, 1.165) is 0 Å². The van der Waals surface area contributed by atoms with Crippen LogP contribution in [-0.4, -0.2) is 28.9 Å². The van der Waals surface area contributed by atoms with Gasteiger partial charge >= 0.3 is 0 Å². The topological polar surface area (TPSA) is 106 Å². The molecular formula is C16H15Cl2N5O2. The van der Waals surface area contributed by atoms with Crippen molar-refractivity contribution < 1.29 is 9.53 Å². The molecule has 7 nitrogen and oxygen atoms in total. The van der Waals surface area contributed by atoms with E-state index in [2.05, 4.69) is 16.5 Å². The molecule has 1 aromatic heterocycles. The minimum atomic E-state index is -0.626. The van der Waals surface area contributed by atoms with Gasteiger partial charge in [-0.3, -0.25) is 9.48 Å². The van der Waals surface area contributed by atoms with Crippen molar-refractivity contribution in [2.45, 2.75) is 12.5 Å². The number of hydrogen-bond acceptors (Lipinski definition) is 5. The molecule has 2 heterocycles. The summed E-state index contributed by atoms with van der Waals surface area (Å²) in [4.78, 5) is 11.8. The average molecular weight is 380 g/mol. The van der Waals surface area contributed by atoms with Crippen molar-refractivity contribution >= 4 is 40.6 Å². The second-order valence-electron chi connectivity index (χ2n) is 5.66. The fraction of sp³-hybridized carbons (Fsp3) is 0.312. The Morgan fingerprint density at radius 1 is 1.44 bits per heavy atom. The standard InChI is InChI=1S/C16H15Cl2N5O2/c17-12-2-1-10(5-13(12)18)21-16-11(15(20)24)7-23(22-16)14-8-25-4-3-9(14)6-19/h1-2,5,7,9,14H,3-4,8H2,(H2,20,24)(H,21,22)/t9?,14-/m0/s1. The number of anilines is 2. The van der Waals surface area contributed by atoms with Crippen LogP contribution in [-0.2, 0) is 4.74 Å². The Morgan fingerprint density at radius 3 is 2.92 bits per heavy atom. The van der Waals surface area contributed by atoms with Crippen molar-refractivity contribution in [1.82, 2.24) is 9.78 Å². The van der Waals surface area contributed by atoms with E-state index >= 15 is 0 Å². The van der Waals surface area contributed by atoms with Gasteiger partial charge in [-0.05, 0) is 24.6 Å². The van der Waals surface area contributed by atoms with Crippen LogP contribution in [0.5, 0.6) is 0 Å². The first kappa shape index (κ1) is 17.5. The zero-order valence-corrected chi connectivity index (χ0v) is 14.6. The fourth-order valence-corrected chi connectivity index (χ4v) is 2.98. The molecule has 0 radical (unpaired) electrons. The predicted molar refractivity (Wildman–Crippen MR) is 94.1 cm³/mol. The normalized spacial score (nSPS) is 20.0. The number of aromatic nitrogens is 2. The number of nitriles is 1. The van der Waals surface area contributed by atoms with Crippen LogP contribution >= 0.6 is 23.2 Å². The predicted octanol–water partition coefficient (Wildman–Crippen LogP) is 3.13. The highest BCUT2D eigenvalue weighted by molar-refractivity contribution is 6.42. The number of primary amides is 1. The third-order valence-corrected chi connectivity index (χ3v) is 4.75. The lowest BCUT2D eigenvalue weighted by Gasteiger charge is -2.26. The summed E-state index contributed by atoms with van der Waals surface area (Å²) in [5.41, 5.74) is 6.28. The minimum Gasteiger partial charge on any atom is -0.379 e. The molecule has 1 aliphatic rings. The third-order valence-electron chi connectivity index (χ3n) is 4.01. The number of hydrogen-bond donors (Lipinski definition) is 2. The molecule has 3 rings (SSSR count). The molecule has 2 aromatic rings. The van der Waals surface area contributed by atoms with Gasteiger partial charge in [0.05, 0.1) is 34.7 Å². The highest BCUT2D eigenvalue weighted by atomic mass is 35.5. The Morgan fingerprint density at radius 2 is 2.24 bits per heavy atom. The van der Waals surface area contributed by atoms with Crippen LogP contribution in [0.3, 0.4) is 0 Å². The summed E-state index contributed by atoms with van der Waals surface area (Å²) in [6.07, 6.45) is 2.15. The van der Waals surface area contributed by atoms with E-state index in [1.54, 1.807) is 22.9 Å². The summed E-state index contributed by atoms with van der Waals surface area (Å²) in [5, 5.41) is 17.5. The summed E-state index contributed by atoms with van der Waals surface area (Å²) in [5.74, 6) is -0.584. The number of rotatable bonds is 4. The SMILES string of the molecule is N#CC1CCOC[C@@H]1n1cc(C(N)=O)c(Nc2ccc(Cl)c(Cl)c2)n1. The molecule has 0 aliphatic carbocycles. The lowest BCUT2D eigenvalue weighted by atomic mass is 9.97. The van der Waals surface area contributed by atoms with Crippen LogP contribution in [0.1, 0.15) is 22.8 Å². The molecule has 1 saturated heterocycles. The molecule has 3 N–H and O–H groups in total. The second-order valence-corrected chi connectivity index (χ2v) is 6.47. The lowest BCUT2D eigenvalue weighted by Crippen LogP contribution is -2.29. The average Bonchev–Trinajstić information content (AvgIpc) is 3.02. The molecule has 1 fully saturated rings. The van der Waals surface area contributed by atoms with Crippen molar-refractivity contribution in [3.05, 3.63) is 40.0 Å². The number of carbonyl (C=O) groups is 1. The maximum atomic E-state index is 11.8. The van der Waals surface area contributed by atoms with E-state index in [1.807, 2.05) is 0 Å². The highest BCUT2D eigenvalue weighted by Crippen LogP contribution is 2.30. The van der Waals surface area contributed by atoms with Crippen molar-refractivity contribution in [3.63, 3.8) is 0 Å². The zero-order valence-electron chi connectivity index (χ0n) is 13.1. The molecule has 1 amide bonds. The van der Waals surface area contributed by atoms with Gasteiger partial charge in [-0.2, -0.15) is 10.4 Å². The van der Waals surface area contributed by atoms with Crippen LogP contribution in [0.4, 0.5) is 11.5 Å². The molecule has 2 atom stereocenters. The van der Waals surface area contributed by atoms with E-state index < -0.39 is 5.91 Å². The lowest BCUT2D eigenvalue weighted by molar-refractivity contribution is 0.0342. The molecular weight excluding hydrogens is 365 g/mol. The highest BCUT2D eigenvalue weighted by Gasteiger charge is 2.29. The Hall–Kier alpha value is -2.27. The number of nitrogens with two attached hydrogens (primary N) is 1. The molecule has 0 spiro atoms. The number of amides is 1. The van der Waals surface area contributed by atoms with Crippen LogP contribution in [0, 0.1) is 17.2 Å². The van der Waals surface area contributed by atoms with Gasteiger partial charge in [0.2, 0.25) is 0 Å². The largest absolute Gasteiger partial charge is 0.379 e. The molecule has 1 unspecified atom stereocenters. The number of ether oxygens (including phenoxy) is 1. The number of halogens is 2. The first-order chi connectivity index (χ1) is 12.0. The van der Waals surface area contributed by atoms with Crippen LogP contribution in [0.2, 0.25) is 10.0 Å². The minimum absolute atomic E-state index is 0.216. The van der Waals surface area contributed by atoms with E-state index in [-0.39, 0.29) is 23.3 Å². The van der Waals surface area contributed by atoms with Crippen molar-refractivity contribution in [3.8, 4) is 6.07 Å². The zero-order chi connectivity index (χ0) is 18.0. The molecule has 25 heavy (non-hydrogen) atoms. The maximum Gasteiger partial charge on any atom is 0.254 e. The summed E-state index contributed by atoms with van der Waals surface area (Å²) < 4.78 is 7.01. The number of carbonyl (C=O) groups excluding carboxylic acids is 1. The van der Waals surface area contributed by atoms with Gasteiger partial charge in [-0.25, -0.2) is 0 Å². The van der Waals surface area contributed by atoms with Gasteiger partial charge in [-0.1, -0.05) is 23.2 Å². The van der Waals surface area contributed by atoms with Crippen molar-refractivity contribution in [1.29, 1.82) is 5.26 Å². The number of benzene rings is 1. The van der Waals surface area contributed by atoms with Gasteiger partial charge in [0.25, 0.3) is 5.91 Å². The van der Waals surface area contributed by atoms with Gasteiger partial charge in [-0.15, -0.1) is 0 Å². The molecule has 0 saturated carbocycles. The molecule has 1 aromatic carbocycles.